The number of rotatable bonds is 1. The number of nitrogens with zero attached hydrogens (tertiary/aromatic N) is 1. The number of fused-ring (bicyclic) bond motifs is 1. The highest BCUT2D eigenvalue weighted by molar-refractivity contribution is 5.78. The lowest BCUT2D eigenvalue weighted by atomic mass is 10.0. The van der Waals surface area contributed by atoms with E-state index in [1.165, 1.54) is 5.56 Å². The number of H-pyrrole nitrogens is 1. The zero-order valence-corrected chi connectivity index (χ0v) is 8.24. The summed E-state index contributed by atoms with van der Waals surface area (Å²) in [6.45, 7) is 4.25. The minimum Gasteiger partial charge on any atom is -0.305 e. The Morgan fingerprint density at radius 3 is 2.86 bits per heavy atom. The Morgan fingerprint density at radius 1 is 1.36 bits per heavy atom. The molecule has 0 saturated heterocycles. The molecule has 1 aromatic carbocycles. The second-order valence-electron chi connectivity index (χ2n) is 3.69. The van der Waals surface area contributed by atoms with Gasteiger partial charge in [0.15, 0.2) is 0 Å². The van der Waals surface area contributed by atoms with E-state index in [-0.39, 0.29) is 5.69 Å². The van der Waals surface area contributed by atoms with Gasteiger partial charge in [-0.15, -0.1) is 0 Å². The van der Waals surface area contributed by atoms with Gasteiger partial charge in [-0.25, -0.2) is 9.78 Å². The van der Waals surface area contributed by atoms with E-state index in [1.807, 2.05) is 12.1 Å². The minimum atomic E-state index is -0.293. The number of aromatic nitrogens is 2. The third kappa shape index (κ3) is 1.53. The molecule has 0 atom stereocenters. The monoisotopic (exact) mass is 188 g/mol. The highest BCUT2D eigenvalue weighted by atomic mass is 16.1. The number of hydrogen-bond acceptors (Lipinski definition) is 2. The van der Waals surface area contributed by atoms with Crippen LogP contribution in [0.15, 0.2) is 29.2 Å². The SMILES string of the molecule is CC(C)c1ccc2cnc(=O)[nH]c2c1. The van der Waals surface area contributed by atoms with Gasteiger partial charge < -0.3 is 4.98 Å². The van der Waals surface area contributed by atoms with Crippen LogP contribution in [0, 0.1) is 0 Å². The van der Waals surface area contributed by atoms with Crippen molar-refractivity contribution in [1.82, 2.24) is 9.97 Å². The van der Waals surface area contributed by atoms with Crippen LogP contribution in [0.3, 0.4) is 0 Å². The van der Waals surface area contributed by atoms with Crippen LogP contribution >= 0.6 is 0 Å². The topological polar surface area (TPSA) is 45.8 Å². The standard InChI is InChI=1S/C11H12N2O/c1-7(2)8-3-4-9-6-12-11(14)13-10(9)5-8/h3-7H,1-2H3,(H,12,13,14). The molecule has 0 amide bonds. The van der Waals surface area contributed by atoms with E-state index in [1.54, 1.807) is 6.20 Å². The van der Waals surface area contributed by atoms with Crippen LogP contribution < -0.4 is 5.69 Å². The largest absolute Gasteiger partial charge is 0.345 e. The van der Waals surface area contributed by atoms with Gasteiger partial charge in [-0.3, -0.25) is 0 Å². The average molecular weight is 188 g/mol. The van der Waals surface area contributed by atoms with E-state index in [9.17, 15) is 4.79 Å². The van der Waals surface area contributed by atoms with E-state index in [4.69, 9.17) is 0 Å². The molecule has 0 saturated carbocycles. The summed E-state index contributed by atoms with van der Waals surface area (Å²) in [6.07, 6.45) is 1.60. The first-order chi connectivity index (χ1) is 6.66. The summed E-state index contributed by atoms with van der Waals surface area (Å²) in [6, 6.07) is 6.05. The molecule has 2 rings (SSSR count). The molecule has 0 radical (unpaired) electrons. The molecule has 14 heavy (non-hydrogen) atoms. The third-order valence-electron chi connectivity index (χ3n) is 2.31. The Balaban J connectivity index is 2.69. The predicted molar refractivity (Wildman–Crippen MR) is 56.5 cm³/mol. The Bertz CT molecular complexity index is 514. The molecule has 0 aliphatic carbocycles. The summed E-state index contributed by atoms with van der Waals surface area (Å²) in [7, 11) is 0. The number of nitrogens with one attached hydrogen (secondary N) is 1. The molecule has 2 aromatic rings. The van der Waals surface area contributed by atoms with Crippen LogP contribution in [0.5, 0.6) is 0 Å². The van der Waals surface area contributed by atoms with Crippen molar-refractivity contribution >= 4 is 10.9 Å². The van der Waals surface area contributed by atoms with E-state index < -0.39 is 0 Å². The highest BCUT2D eigenvalue weighted by Gasteiger charge is 2.01. The quantitative estimate of drug-likeness (QED) is 0.744. The third-order valence-corrected chi connectivity index (χ3v) is 2.31. The van der Waals surface area contributed by atoms with Gasteiger partial charge >= 0.3 is 5.69 Å². The molecule has 1 N–H and O–H groups in total. The number of aromatic amines is 1. The van der Waals surface area contributed by atoms with E-state index in [2.05, 4.69) is 29.9 Å². The van der Waals surface area contributed by atoms with Crippen molar-refractivity contribution in [2.75, 3.05) is 0 Å². The van der Waals surface area contributed by atoms with E-state index in [0.717, 1.165) is 10.9 Å². The molecule has 0 aliphatic heterocycles. The van der Waals surface area contributed by atoms with Crippen LogP contribution in [-0.4, -0.2) is 9.97 Å². The number of benzene rings is 1. The normalized spacial score (nSPS) is 11.1. The molecule has 1 heterocycles. The lowest BCUT2D eigenvalue weighted by molar-refractivity contribution is 0.867. The summed E-state index contributed by atoms with van der Waals surface area (Å²) in [4.78, 5) is 17.4. The van der Waals surface area contributed by atoms with Crippen molar-refractivity contribution in [2.45, 2.75) is 19.8 Å². The maximum Gasteiger partial charge on any atom is 0.345 e. The molecule has 3 nitrogen and oxygen atoms in total. The van der Waals surface area contributed by atoms with Crippen LogP contribution in [-0.2, 0) is 0 Å². The molecule has 0 spiro atoms. The van der Waals surface area contributed by atoms with Gasteiger partial charge in [-0.05, 0) is 17.5 Å². The first kappa shape index (κ1) is 8.94. The fourth-order valence-corrected chi connectivity index (χ4v) is 1.43. The second kappa shape index (κ2) is 3.25. The van der Waals surface area contributed by atoms with Gasteiger partial charge in [0.2, 0.25) is 0 Å². The summed E-state index contributed by atoms with van der Waals surface area (Å²) < 4.78 is 0. The Kier molecular flexibility index (Phi) is 2.08. The van der Waals surface area contributed by atoms with Crippen molar-refractivity contribution in [3.63, 3.8) is 0 Å². The molecule has 0 aliphatic rings. The maximum absolute atomic E-state index is 11.0. The smallest absolute Gasteiger partial charge is 0.305 e. The molecule has 0 unspecified atom stereocenters. The van der Waals surface area contributed by atoms with Crippen molar-refractivity contribution < 1.29 is 0 Å². The van der Waals surface area contributed by atoms with E-state index >= 15 is 0 Å². The Morgan fingerprint density at radius 2 is 2.14 bits per heavy atom. The predicted octanol–water partition coefficient (Wildman–Crippen LogP) is 2.05. The van der Waals surface area contributed by atoms with Crippen molar-refractivity contribution in [2.24, 2.45) is 0 Å². The summed E-state index contributed by atoms with van der Waals surface area (Å²) in [5, 5.41) is 0.967. The molecule has 0 bridgehead atoms. The lowest BCUT2D eigenvalue weighted by Crippen LogP contribution is -2.08. The molecule has 1 aromatic heterocycles. The van der Waals surface area contributed by atoms with E-state index in [0.29, 0.717) is 5.92 Å². The van der Waals surface area contributed by atoms with Crippen LogP contribution in [0.2, 0.25) is 0 Å². The van der Waals surface area contributed by atoms with Crippen molar-refractivity contribution in [3.05, 3.63) is 40.4 Å². The first-order valence-electron chi connectivity index (χ1n) is 4.66. The van der Waals surface area contributed by atoms with Crippen LogP contribution in [0.1, 0.15) is 25.3 Å². The van der Waals surface area contributed by atoms with Gasteiger partial charge in [0.05, 0.1) is 5.52 Å². The average Bonchev–Trinajstić information content (AvgIpc) is 2.16. The zero-order valence-electron chi connectivity index (χ0n) is 8.24. The highest BCUT2D eigenvalue weighted by Crippen LogP contribution is 2.18. The minimum absolute atomic E-state index is 0.293. The Hall–Kier alpha value is -1.64. The fourth-order valence-electron chi connectivity index (χ4n) is 1.43. The summed E-state index contributed by atoms with van der Waals surface area (Å²) >= 11 is 0. The molecular formula is C11H12N2O. The van der Waals surface area contributed by atoms with Gasteiger partial charge in [0.25, 0.3) is 0 Å². The van der Waals surface area contributed by atoms with Gasteiger partial charge in [-0.2, -0.15) is 0 Å². The van der Waals surface area contributed by atoms with Crippen molar-refractivity contribution in [1.29, 1.82) is 0 Å². The van der Waals surface area contributed by atoms with Gasteiger partial charge in [0, 0.05) is 11.6 Å². The van der Waals surface area contributed by atoms with Crippen LogP contribution in [0.4, 0.5) is 0 Å². The lowest BCUT2D eigenvalue weighted by Gasteiger charge is -2.05. The Labute approximate surface area is 81.8 Å². The molecule has 0 fully saturated rings. The van der Waals surface area contributed by atoms with Gasteiger partial charge in [-0.1, -0.05) is 26.0 Å². The van der Waals surface area contributed by atoms with Gasteiger partial charge in [0.1, 0.15) is 0 Å². The summed E-state index contributed by atoms with van der Waals surface area (Å²) in [5.74, 6) is 0.469. The molecule has 3 heteroatoms. The fraction of sp³-hybridized carbons (Fsp3) is 0.273. The maximum atomic E-state index is 11.0. The van der Waals surface area contributed by atoms with Crippen molar-refractivity contribution in [3.8, 4) is 0 Å². The molecule has 72 valence electrons. The number of hydrogen-bond donors (Lipinski definition) is 1. The van der Waals surface area contributed by atoms with Crippen LogP contribution in [0.25, 0.3) is 10.9 Å². The summed E-state index contributed by atoms with van der Waals surface area (Å²) in [5.41, 5.74) is 1.79. The zero-order chi connectivity index (χ0) is 10.1. The second-order valence-corrected chi connectivity index (χ2v) is 3.69. The molecular weight excluding hydrogens is 176 g/mol. The first-order valence-corrected chi connectivity index (χ1v) is 4.66.